The van der Waals surface area contributed by atoms with Crippen LogP contribution >= 0.6 is 34.8 Å². The number of hydrogen-bond acceptors (Lipinski definition) is 27. The first-order valence-electron chi connectivity index (χ1n) is 28.7. The molecule has 4 aliphatic carbocycles. The van der Waals surface area contributed by atoms with Gasteiger partial charge in [-0.15, -0.1) is 0 Å². The molecule has 10 aromatic heterocycles. The van der Waals surface area contributed by atoms with Crippen molar-refractivity contribution in [2.24, 2.45) is 0 Å². The Labute approximate surface area is 544 Å². The van der Waals surface area contributed by atoms with Crippen LogP contribution in [0, 0.1) is 30.3 Å². The number of halogens is 3. The van der Waals surface area contributed by atoms with E-state index >= 15 is 0 Å². The molecule has 12 aromatic rings. The third-order valence-electron chi connectivity index (χ3n) is 14.7. The van der Waals surface area contributed by atoms with Gasteiger partial charge in [0.05, 0.1) is 36.6 Å². The first-order chi connectivity index (χ1) is 45.9. The summed E-state index contributed by atoms with van der Waals surface area (Å²) in [7, 11) is 0. The molecule has 2 aromatic carbocycles. The molecule has 0 radical (unpaired) electrons. The topological polar surface area (TPSA) is 557 Å². The summed E-state index contributed by atoms with van der Waals surface area (Å²) in [5.41, 5.74) is 17.3. The highest BCUT2D eigenvalue weighted by Gasteiger charge is 2.30. The quantitative estimate of drug-likeness (QED) is 0.0229. The summed E-state index contributed by atoms with van der Waals surface area (Å²) in [6, 6.07) is 17.8. The van der Waals surface area contributed by atoms with Crippen molar-refractivity contribution in [2.75, 3.05) is 38.1 Å². The van der Waals surface area contributed by atoms with Gasteiger partial charge in [0, 0.05) is 82.1 Å². The predicted molar refractivity (Wildman–Crippen MR) is 348 cm³/mol. The van der Waals surface area contributed by atoms with Crippen LogP contribution in [-0.2, 0) is 0 Å². The average molecular weight is 1350 g/mol. The first kappa shape index (κ1) is 63.0. The summed E-state index contributed by atoms with van der Waals surface area (Å²) in [6.45, 7) is 0. The van der Waals surface area contributed by atoms with Crippen LogP contribution in [0.3, 0.4) is 0 Å². The molecule has 0 saturated heterocycles. The minimum atomic E-state index is -0.731. The van der Waals surface area contributed by atoms with E-state index in [1.807, 2.05) is 24.3 Å². The SMILES string of the molecule is Nc1c(Nc2ccc3c(=O)[nH][nH]c3c2)ncnc1Nc1cc(C2CC2)[nH]n1.Nc1cc(C2CC2)[nH]n1.O=[N+]([O-])c1c(Cl)ncnc1Cl.O=[N+]([O-])c1c(Cl)ncnc1Nc1cc(C2CC2)[nH]n1.O=c1[nH][nH]c2cc(Nc3ncnc(Nc4cc(C5CC5)[nH]n4)c3[N+](=O)[O-])ccc12. The molecule has 41 heteroatoms. The number of fused-ring (bicyclic) bond motifs is 2. The van der Waals surface area contributed by atoms with Gasteiger partial charge >= 0.3 is 17.1 Å². The lowest BCUT2D eigenvalue weighted by atomic mass is 10.2. The average Bonchev–Trinajstić information content (AvgIpc) is 1.82. The fourth-order valence-corrected chi connectivity index (χ4v) is 9.92. The fourth-order valence-electron chi connectivity index (χ4n) is 9.26. The second-order valence-electron chi connectivity index (χ2n) is 21.6. The smallest absolute Gasteiger partial charge is 0.353 e. The monoisotopic (exact) mass is 1350 g/mol. The van der Waals surface area contributed by atoms with Crippen molar-refractivity contribution in [1.29, 1.82) is 0 Å². The van der Waals surface area contributed by atoms with E-state index in [1.165, 1.54) is 44.0 Å². The van der Waals surface area contributed by atoms with Crippen molar-refractivity contribution in [3.05, 3.63) is 175 Å². The van der Waals surface area contributed by atoms with Gasteiger partial charge in [0.2, 0.25) is 32.9 Å². The highest BCUT2D eigenvalue weighted by atomic mass is 35.5. The van der Waals surface area contributed by atoms with Crippen LogP contribution in [0.1, 0.15) is 97.8 Å². The van der Waals surface area contributed by atoms with Gasteiger partial charge < -0.3 is 38.1 Å². The molecular formula is C54H51Cl3N30O8. The number of H-pyrrole nitrogens is 8. The van der Waals surface area contributed by atoms with Crippen molar-refractivity contribution in [2.45, 2.75) is 75.0 Å². The molecule has 16 rings (SSSR count). The summed E-state index contributed by atoms with van der Waals surface area (Å²) in [6.07, 6.45) is 14.3. The number of rotatable bonds is 17. The number of nitrogen functional groups attached to an aromatic ring is 2. The summed E-state index contributed by atoms with van der Waals surface area (Å²) < 4.78 is 0. The van der Waals surface area contributed by atoms with Crippen molar-refractivity contribution in [3.8, 4) is 0 Å². The molecule has 95 heavy (non-hydrogen) atoms. The minimum absolute atomic E-state index is 0.0164. The number of aromatic nitrogens is 20. The molecule has 0 atom stereocenters. The molecule has 4 saturated carbocycles. The lowest BCUT2D eigenvalue weighted by molar-refractivity contribution is -0.385. The Morgan fingerprint density at radius 3 is 1.15 bits per heavy atom. The lowest BCUT2D eigenvalue weighted by Gasteiger charge is -2.11. The van der Waals surface area contributed by atoms with Crippen molar-refractivity contribution in [1.82, 2.24) is 101 Å². The molecular weight excluding hydrogens is 1300 g/mol. The number of nitrogens with two attached hydrogens (primary N) is 2. The standard InChI is InChI=1S/C17H15N9O3.C17H17N9O.C10H9ClN6O2.C6H9N3.C4HCl2N3O2/c27-17-10-4-3-9(5-12(10)23-25-17)20-15-14(26(28)29)16(19-7-18-15)21-13-6-11(22-24-13)8-1-2-8;18-14-15(21-9-3-4-10-12(5-9)24-26-17(10)27)19-7-20-16(14)22-13-6-11(23-25-13)8-1-2-8;11-9-8(17(18)19)10(13-4-12-9)14-7-3-6(15-16-7)5-1-2-5;7-6-3-5(8-9-6)4-1-2-4;5-3-2(9(10)11)4(6)8-1-7-3/h3-8H,1-2H2,(H2,23,25,27)(H3,18,19,20,21,22,24);3-8H,1-2,18H2,(H2,24,26,27)(H3,19,20,21,22,23,25);3-5H,1-2H2,(H2,12,13,14,15,16);3-4H,1-2H2,(H3,7,8,9);1H. The van der Waals surface area contributed by atoms with Gasteiger partial charge in [-0.3, -0.25) is 80.7 Å². The van der Waals surface area contributed by atoms with Crippen LogP contribution in [0.4, 0.5) is 86.5 Å². The first-order valence-corrected chi connectivity index (χ1v) is 29.8. The van der Waals surface area contributed by atoms with Gasteiger partial charge in [0.25, 0.3) is 11.1 Å². The number of hydrogen-bond donors (Lipinski definition) is 15. The maximum absolute atomic E-state index is 11.7. The Hall–Kier alpha value is -12.2. The molecule has 0 amide bonds. The normalized spacial score (nSPS) is 13.8. The zero-order chi connectivity index (χ0) is 66.4. The molecule has 10 heterocycles. The van der Waals surface area contributed by atoms with Gasteiger partial charge in [-0.25, -0.2) is 39.9 Å². The Balaban J connectivity index is 0.000000121. The van der Waals surface area contributed by atoms with Crippen LogP contribution in [0.25, 0.3) is 21.8 Å². The van der Waals surface area contributed by atoms with Crippen molar-refractivity contribution in [3.63, 3.8) is 0 Å². The summed E-state index contributed by atoms with van der Waals surface area (Å²) in [5.74, 6) is 5.51. The van der Waals surface area contributed by atoms with Gasteiger partial charge in [0.15, 0.2) is 29.1 Å². The molecule has 4 fully saturated rings. The molecule has 17 N–H and O–H groups in total. The van der Waals surface area contributed by atoms with E-state index in [1.54, 1.807) is 36.4 Å². The number of nitro groups is 3. The Morgan fingerprint density at radius 2 is 0.747 bits per heavy atom. The maximum Gasteiger partial charge on any atom is 0.353 e. The van der Waals surface area contributed by atoms with Crippen LogP contribution in [0.15, 0.2) is 95.6 Å². The van der Waals surface area contributed by atoms with Gasteiger partial charge in [0.1, 0.15) is 36.8 Å². The molecule has 0 unspecified atom stereocenters. The van der Waals surface area contributed by atoms with Crippen molar-refractivity contribution >= 4 is 143 Å². The van der Waals surface area contributed by atoms with Crippen LogP contribution < -0.4 is 49.2 Å². The minimum Gasteiger partial charge on any atom is -0.393 e. The van der Waals surface area contributed by atoms with E-state index in [0.29, 0.717) is 85.8 Å². The van der Waals surface area contributed by atoms with Gasteiger partial charge in [-0.1, -0.05) is 34.8 Å². The van der Waals surface area contributed by atoms with E-state index in [4.69, 9.17) is 46.3 Å². The largest absolute Gasteiger partial charge is 0.393 e. The van der Waals surface area contributed by atoms with Gasteiger partial charge in [-0.05, 0) is 87.8 Å². The molecule has 0 spiro atoms. The summed E-state index contributed by atoms with van der Waals surface area (Å²) >= 11 is 16.4. The molecule has 486 valence electrons. The molecule has 0 aliphatic heterocycles. The Morgan fingerprint density at radius 1 is 0.411 bits per heavy atom. The third kappa shape index (κ3) is 15.4. The highest BCUT2D eigenvalue weighted by molar-refractivity contribution is 6.36. The van der Waals surface area contributed by atoms with E-state index in [0.717, 1.165) is 67.0 Å². The third-order valence-corrected chi connectivity index (χ3v) is 15.5. The summed E-state index contributed by atoms with van der Waals surface area (Å²) in [4.78, 5) is 84.8. The van der Waals surface area contributed by atoms with E-state index in [-0.39, 0.29) is 55.4 Å². The van der Waals surface area contributed by atoms with Crippen LogP contribution in [0.2, 0.25) is 15.5 Å². The molecule has 38 nitrogen and oxygen atoms in total. The summed E-state index contributed by atoms with van der Waals surface area (Å²) in [5, 5.41) is 86.7. The second-order valence-corrected chi connectivity index (χ2v) is 22.7. The van der Waals surface area contributed by atoms with E-state index in [9.17, 15) is 39.9 Å². The van der Waals surface area contributed by atoms with Gasteiger partial charge in [-0.2, -0.15) is 20.4 Å². The second kappa shape index (κ2) is 27.3. The molecule has 0 bridgehead atoms. The van der Waals surface area contributed by atoms with E-state index in [2.05, 4.69) is 128 Å². The zero-order valence-electron chi connectivity index (χ0n) is 48.8. The Kier molecular flexibility index (Phi) is 18.1. The maximum atomic E-state index is 11.7. The number of anilines is 12. The van der Waals surface area contributed by atoms with Crippen molar-refractivity contribution < 1.29 is 14.8 Å². The predicted octanol–water partition coefficient (Wildman–Crippen LogP) is 9.90. The number of aromatic amines is 8. The van der Waals surface area contributed by atoms with Crippen LogP contribution in [-0.4, -0.2) is 116 Å². The fraction of sp³-hybridized carbons (Fsp3) is 0.222. The van der Waals surface area contributed by atoms with Crippen LogP contribution in [0.5, 0.6) is 0 Å². The Bertz CT molecular complexity index is 4910. The number of benzene rings is 2. The highest BCUT2D eigenvalue weighted by Crippen LogP contribution is 2.43. The number of nitrogens with one attached hydrogen (secondary N) is 13. The zero-order valence-corrected chi connectivity index (χ0v) is 51.1. The van der Waals surface area contributed by atoms with E-state index < -0.39 is 20.5 Å². The number of nitrogens with zero attached hydrogens (tertiary/aromatic N) is 15. The molecule has 4 aliphatic rings. The lowest BCUT2D eigenvalue weighted by Crippen LogP contribution is -2.05.